The highest BCUT2D eigenvalue weighted by Crippen LogP contribution is 2.20. The molecule has 0 radical (unpaired) electrons. The largest absolute Gasteiger partial charge is 0.478 e. The van der Waals surface area contributed by atoms with Gasteiger partial charge >= 0.3 is 5.97 Å². The molecule has 0 aromatic heterocycles. The van der Waals surface area contributed by atoms with Crippen molar-refractivity contribution >= 4 is 11.7 Å². The van der Waals surface area contributed by atoms with Gasteiger partial charge in [-0.15, -0.1) is 0 Å². The second-order valence-electron chi connectivity index (χ2n) is 4.14. The van der Waals surface area contributed by atoms with Gasteiger partial charge in [0.2, 0.25) is 0 Å². The number of unbranched alkanes of at least 4 members (excludes halogenated alkanes) is 1. The Labute approximate surface area is 96.7 Å². The van der Waals surface area contributed by atoms with E-state index in [-0.39, 0.29) is 0 Å². The fourth-order valence-electron chi connectivity index (χ4n) is 1.64. The van der Waals surface area contributed by atoms with Gasteiger partial charge in [0.05, 0.1) is 5.56 Å². The standard InChI is InChI=1S/C13H19NO2/c1-4-5-6-10-9-11(14(2)3)7-8-12(10)13(15)16/h7-9H,4-6H2,1-3H3,(H,15,16). The monoisotopic (exact) mass is 221 g/mol. The average Bonchev–Trinajstić information content (AvgIpc) is 2.25. The number of hydrogen-bond donors (Lipinski definition) is 1. The molecule has 16 heavy (non-hydrogen) atoms. The first-order valence-electron chi connectivity index (χ1n) is 5.59. The summed E-state index contributed by atoms with van der Waals surface area (Å²) in [4.78, 5) is 13.0. The summed E-state index contributed by atoms with van der Waals surface area (Å²) in [5.41, 5.74) is 2.41. The SMILES string of the molecule is CCCCc1cc(N(C)C)ccc1C(=O)O. The Kier molecular flexibility index (Phi) is 4.35. The van der Waals surface area contributed by atoms with Crippen molar-refractivity contribution in [1.82, 2.24) is 0 Å². The molecule has 1 aromatic rings. The number of rotatable bonds is 5. The number of carboxylic acids is 1. The molecule has 0 saturated heterocycles. The molecular formula is C13H19NO2. The normalized spacial score (nSPS) is 10.2. The molecular weight excluding hydrogens is 202 g/mol. The molecule has 0 aliphatic rings. The molecule has 1 aromatic carbocycles. The highest BCUT2D eigenvalue weighted by Gasteiger charge is 2.10. The van der Waals surface area contributed by atoms with Gasteiger partial charge in [0.15, 0.2) is 0 Å². The molecule has 0 unspecified atom stereocenters. The van der Waals surface area contributed by atoms with Gasteiger partial charge in [-0.1, -0.05) is 13.3 Å². The first-order chi connectivity index (χ1) is 7.56. The predicted octanol–water partition coefficient (Wildman–Crippen LogP) is 2.79. The van der Waals surface area contributed by atoms with Crippen molar-refractivity contribution in [2.45, 2.75) is 26.2 Å². The number of benzene rings is 1. The van der Waals surface area contributed by atoms with Crippen LogP contribution in [0.2, 0.25) is 0 Å². The Morgan fingerprint density at radius 3 is 2.56 bits per heavy atom. The molecule has 3 heteroatoms. The smallest absolute Gasteiger partial charge is 0.335 e. The quantitative estimate of drug-likeness (QED) is 0.831. The van der Waals surface area contributed by atoms with Crippen LogP contribution in [0.1, 0.15) is 35.7 Å². The number of anilines is 1. The van der Waals surface area contributed by atoms with Gasteiger partial charge in [-0.05, 0) is 36.6 Å². The van der Waals surface area contributed by atoms with E-state index >= 15 is 0 Å². The van der Waals surface area contributed by atoms with Gasteiger partial charge in [-0.25, -0.2) is 4.79 Å². The van der Waals surface area contributed by atoms with Crippen molar-refractivity contribution in [1.29, 1.82) is 0 Å². The second kappa shape index (κ2) is 5.54. The summed E-state index contributed by atoms with van der Waals surface area (Å²) in [6.45, 7) is 2.11. The number of carbonyl (C=O) groups is 1. The summed E-state index contributed by atoms with van der Waals surface area (Å²) in [5.74, 6) is -0.837. The minimum absolute atomic E-state index is 0.430. The zero-order valence-electron chi connectivity index (χ0n) is 10.2. The number of carboxylic acid groups (broad SMARTS) is 1. The lowest BCUT2D eigenvalue weighted by Gasteiger charge is -2.15. The van der Waals surface area contributed by atoms with Gasteiger partial charge in [0, 0.05) is 19.8 Å². The fourth-order valence-corrected chi connectivity index (χ4v) is 1.64. The lowest BCUT2D eigenvalue weighted by molar-refractivity contribution is 0.0695. The Balaban J connectivity index is 3.05. The lowest BCUT2D eigenvalue weighted by atomic mass is 10.0. The van der Waals surface area contributed by atoms with Crippen molar-refractivity contribution in [3.8, 4) is 0 Å². The molecule has 0 saturated carbocycles. The van der Waals surface area contributed by atoms with E-state index in [0.717, 1.165) is 30.5 Å². The average molecular weight is 221 g/mol. The van der Waals surface area contributed by atoms with Crippen molar-refractivity contribution in [2.24, 2.45) is 0 Å². The summed E-state index contributed by atoms with van der Waals surface area (Å²) in [6.07, 6.45) is 2.93. The van der Waals surface area contributed by atoms with Crippen LogP contribution >= 0.6 is 0 Å². The Hall–Kier alpha value is -1.51. The first-order valence-corrected chi connectivity index (χ1v) is 5.59. The molecule has 0 heterocycles. The molecule has 0 spiro atoms. The van der Waals surface area contributed by atoms with Crippen LogP contribution in [-0.2, 0) is 6.42 Å². The van der Waals surface area contributed by atoms with Crippen LogP contribution in [0.4, 0.5) is 5.69 Å². The molecule has 1 rings (SSSR count). The predicted molar refractivity (Wildman–Crippen MR) is 66.3 cm³/mol. The summed E-state index contributed by atoms with van der Waals surface area (Å²) >= 11 is 0. The van der Waals surface area contributed by atoms with Crippen molar-refractivity contribution in [3.63, 3.8) is 0 Å². The van der Waals surface area contributed by atoms with Gasteiger partial charge in [-0.2, -0.15) is 0 Å². The molecule has 1 N–H and O–H groups in total. The third kappa shape index (κ3) is 2.99. The Morgan fingerprint density at radius 2 is 2.06 bits per heavy atom. The molecule has 88 valence electrons. The van der Waals surface area contributed by atoms with E-state index in [1.165, 1.54) is 0 Å². The highest BCUT2D eigenvalue weighted by molar-refractivity contribution is 5.90. The summed E-state index contributed by atoms with van der Waals surface area (Å²) in [6, 6.07) is 5.51. The minimum Gasteiger partial charge on any atom is -0.478 e. The molecule has 0 fully saturated rings. The van der Waals surface area contributed by atoms with E-state index in [4.69, 9.17) is 5.11 Å². The molecule has 0 aliphatic carbocycles. The fraction of sp³-hybridized carbons (Fsp3) is 0.462. The lowest BCUT2D eigenvalue weighted by Crippen LogP contribution is -2.11. The van der Waals surface area contributed by atoms with E-state index in [1.807, 2.05) is 31.1 Å². The van der Waals surface area contributed by atoms with Gasteiger partial charge in [0.25, 0.3) is 0 Å². The zero-order valence-corrected chi connectivity index (χ0v) is 10.2. The van der Waals surface area contributed by atoms with E-state index in [0.29, 0.717) is 5.56 Å². The highest BCUT2D eigenvalue weighted by atomic mass is 16.4. The number of aryl methyl sites for hydroxylation is 1. The summed E-state index contributed by atoms with van der Waals surface area (Å²) in [7, 11) is 3.92. The molecule has 0 bridgehead atoms. The number of nitrogens with zero attached hydrogens (tertiary/aromatic N) is 1. The Bertz CT molecular complexity index is 372. The molecule has 3 nitrogen and oxygen atoms in total. The van der Waals surface area contributed by atoms with Crippen molar-refractivity contribution in [3.05, 3.63) is 29.3 Å². The van der Waals surface area contributed by atoms with Crippen LogP contribution in [0.3, 0.4) is 0 Å². The third-order valence-corrected chi connectivity index (χ3v) is 2.64. The Morgan fingerprint density at radius 1 is 1.38 bits per heavy atom. The maximum absolute atomic E-state index is 11.1. The minimum atomic E-state index is -0.837. The van der Waals surface area contributed by atoms with Crippen LogP contribution in [0.25, 0.3) is 0 Å². The first kappa shape index (κ1) is 12.6. The van der Waals surface area contributed by atoms with Crippen molar-refractivity contribution in [2.75, 3.05) is 19.0 Å². The third-order valence-electron chi connectivity index (χ3n) is 2.64. The second-order valence-corrected chi connectivity index (χ2v) is 4.14. The van der Waals surface area contributed by atoms with Crippen LogP contribution in [0.5, 0.6) is 0 Å². The van der Waals surface area contributed by atoms with Gasteiger partial charge in [0.1, 0.15) is 0 Å². The number of hydrogen-bond acceptors (Lipinski definition) is 2. The maximum Gasteiger partial charge on any atom is 0.335 e. The van der Waals surface area contributed by atoms with E-state index in [1.54, 1.807) is 6.07 Å². The van der Waals surface area contributed by atoms with Gasteiger partial charge in [-0.3, -0.25) is 0 Å². The van der Waals surface area contributed by atoms with Crippen LogP contribution in [0.15, 0.2) is 18.2 Å². The van der Waals surface area contributed by atoms with Crippen molar-refractivity contribution < 1.29 is 9.90 Å². The number of aromatic carboxylic acids is 1. The van der Waals surface area contributed by atoms with E-state index in [9.17, 15) is 4.79 Å². The van der Waals surface area contributed by atoms with E-state index in [2.05, 4.69) is 6.92 Å². The van der Waals surface area contributed by atoms with Crippen LogP contribution < -0.4 is 4.90 Å². The van der Waals surface area contributed by atoms with Crippen LogP contribution in [-0.4, -0.2) is 25.2 Å². The summed E-state index contributed by atoms with van der Waals surface area (Å²) < 4.78 is 0. The zero-order chi connectivity index (χ0) is 12.1. The molecule has 0 atom stereocenters. The topological polar surface area (TPSA) is 40.5 Å². The molecule has 0 amide bonds. The summed E-state index contributed by atoms with van der Waals surface area (Å²) in [5, 5.41) is 9.08. The van der Waals surface area contributed by atoms with Gasteiger partial charge < -0.3 is 10.0 Å². The van der Waals surface area contributed by atoms with E-state index < -0.39 is 5.97 Å². The molecule has 0 aliphatic heterocycles. The van der Waals surface area contributed by atoms with Crippen LogP contribution in [0, 0.1) is 0 Å². The maximum atomic E-state index is 11.1.